The van der Waals surface area contributed by atoms with Gasteiger partial charge in [0.2, 0.25) is 0 Å². The minimum Gasteiger partial charge on any atom is -0.348 e. The second-order valence-electron chi connectivity index (χ2n) is 4.11. The molecule has 3 nitrogen and oxygen atoms in total. The first-order chi connectivity index (χ1) is 8.18. The number of halogens is 3. The maximum absolute atomic E-state index is 13.5. The second-order valence-corrected chi connectivity index (χ2v) is 4.97. The van der Waals surface area contributed by atoms with Gasteiger partial charge >= 0.3 is 0 Å². The number of rotatable bonds is 2. The number of carbonyl (C=O) groups is 1. The van der Waals surface area contributed by atoms with Gasteiger partial charge in [-0.25, -0.2) is 4.39 Å². The van der Waals surface area contributed by atoms with E-state index in [4.69, 9.17) is 0 Å². The molecule has 1 fully saturated rings. The molecule has 1 atom stereocenters. The van der Waals surface area contributed by atoms with Crippen LogP contribution in [0.2, 0.25) is 0 Å². The van der Waals surface area contributed by atoms with Crippen LogP contribution in [0.25, 0.3) is 0 Å². The van der Waals surface area contributed by atoms with E-state index >= 15 is 0 Å². The lowest BCUT2D eigenvalue weighted by atomic mass is 10.1. The van der Waals surface area contributed by atoms with E-state index in [9.17, 15) is 9.18 Å². The van der Waals surface area contributed by atoms with Crippen molar-refractivity contribution in [2.45, 2.75) is 18.9 Å². The van der Waals surface area contributed by atoms with Gasteiger partial charge in [-0.05, 0) is 47.4 Å². The Morgan fingerprint density at radius 1 is 1.50 bits per heavy atom. The van der Waals surface area contributed by atoms with E-state index in [2.05, 4.69) is 26.6 Å². The topological polar surface area (TPSA) is 41.1 Å². The largest absolute Gasteiger partial charge is 0.348 e. The standard InChI is InChI=1S/C12H14BrFN2O.ClH/c13-9-4-1-5-10(14)11(9)12(17)16-8-3-2-6-15-7-8;/h1,4-5,8,15H,2-3,6-7H2,(H,16,17);1H/t8-;/m0./s1. The van der Waals surface area contributed by atoms with Crippen molar-refractivity contribution in [1.82, 2.24) is 10.6 Å². The average Bonchev–Trinajstić information content (AvgIpc) is 2.30. The SMILES string of the molecule is Cl.O=C(N[C@H]1CCCNC1)c1c(F)cccc1Br. The third-order valence-corrected chi connectivity index (χ3v) is 3.48. The van der Waals surface area contributed by atoms with Crippen molar-refractivity contribution in [3.05, 3.63) is 34.1 Å². The van der Waals surface area contributed by atoms with Crippen molar-refractivity contribution in [2.24, 2.45) is 0 Å². The highest BCUT2D eigenvalue weighted by Gasteiger charge is 2.20. The summed E-state index contributed by atoms with van der Waals surface area (Å²) in [7, 11) is 0. The van der Waals surface area contributed by atoms with Crippen LogP contribution in [-0.2, 0) is 0 Å². The number of nitrogens with one attached hydrogen (secondary N) is 2. The van der Waals surface area contributed by atoms with Crippen LogP contribution in [0, 0.1) is 5.82 Å². The highest BCUT2D eigenvalue weighted by atomic mass is 79.9. The normalized spacial score (nSPS) is 18.9. The number of amides is 1. The summed E-state index contributed by atoms with van der Waals surface area (Å²) in [4.78, 5) is 11.9. The molecule has 0 spiro atoms. The molecule has 1 aliphatic rings. The van der Waals surface area contributed by atoms with Gasteiger partial charge in [0, 0.05) is 17.1 Å². The second kappa shape index (κ2) is 7.07. The number of piperidine rings is 1. The molecule has 6 heteroatoms. The Balaban J connectivity index is 0.00000162. The van der Waals surface area contributed by atoms with Crippen molar-refractivity contribution >= 4 is 34.2 Å². The van der Waals surface area contributed by atoms with Crippen molar-refractivity contribution in [3.8, 4) is 0 Å². The fourth-order valence-corrected chi connectivity index (χ4v) is 2.47. The van der Waals surface area contributed by atoms with Gasteiger partial charge in [0.15, 0.2) is 0 Å². The number of benzene rings is 1. The first-order valence-electron chi connectivity index (χ1n) is 5.64. The third-order valence-electron chi connectivity index (χ3n) is 2.82. The number of hydrogen-bond acceptors (Lipinski definition) is 2. The molecule has 1 aliphatic heterocycles. The molecular formula is C12H15BrClFN2O. The summed E-state index contributed by atoms with van der Waals surface area (Å²) in [6.07, 6.45) is 1.97. The van der Waals surface area contributed by atoms with E-state index in [1.165, 1.54) is 6.07 Å². The molecule has 0 unspecified atom stereocenters. The van der Waals surface area contributed by atoms with Crippen molar-refractivity contribution < 1.29 is 9.18 Å². The van der Waals surface area contributed by atoms with Gasteiger partial charge in [0.25, 0.3) is 5.91 Å². The van der Waals surface area contributed by atoms with E-state index in [0.29, 0.717) is 4.47 Å². The Morgan fingerprint density at radius 2 is 2.28 bits per heavy atom. The quantitative estimate of drug-likeness (QED) is 0.870. The Hall–Kier alpha value is -0.650. The van der Waals surface area contributed by atoms with Crippen molar-refractivity contribution in [1.29, 1.82) is 0 Å². The summed E-state index contributed by atoms with van der Waals surface area (Å²) >= 11 is 3.20. The summed E-state index contributed by atoms with van der Waals surface area (Å²) in [6, 6.07) is 4.61. The molecule has 0 bridgehead atoms. The number of carbonyl (C=O) groups excluding carboxylic acids is 1. The van der Waals surface area contributed by atoms with E-state index in [-0.39, 0.29) is 29.9 Å². The van der Waals surface area contributed by atoms with Crippen LogP contribution >= 0.6 is 28.3 Å². The Kier molecular flexibility index (Phi) is 6.05. The van der Waals surface area contributed by atoms with Crippen molar-refractivity contribution in [3.63, 3.8) is 0 Å². The van der Waals surface area contributed by atoms with E-state index in [1.807, 2.05) is 0 Å². The summed E-state index contributed by atoms with van der Waals surface area (Å²) in [6.45, 7) is 1.73. The van der Waals surface area contributed by atoms with Crippen LogP contribution in [0.4, 0.5) is 4.39 Å². The zero-order valence-electron chi connectivity index (χ0n) is 9.71. The Labute approximate surface area is 120 Å². The van der Waals surface area contributed by atoms with Crippen LogP contribution in [0.3, 0.4) is 0 Å². The molecule has 0 radical (unpaired) electrons. The van der Waals surface area contributed by atoms with Gasteiger partial charge in [0.1, 0.15) is 5.82 Å². The lowest BCUT2D eigenvalue weighted by molar-refractivity contribution is 0.0926. The van der Waals surface area contributed by atoms with Gasteiger partial charge in [-0.1, -0.05) is 6.07 Å². The summed E-state index contributed by atoms with van der Waals surface area (Å²) in [5.74, 6) is -0.857. The fourth-order valence-electron chi connectivity index (χ4n) is 1.95. The van der Waals surface area contributed by atoms with E-state index < -0.39 is 5.82 Å². The molecule has 2 rings (SSSR count). The zero-order chi connectivity index (χ0) is 12.3. The molecule has 1 heterocycles. The number of hydrogen-bond donors (Lipinski definition) is 2. The molecule has 1 amide bonds. The van der Waals surface area contributed by atoms with Crippen LogP contribution in [-0.4, -0.2) is 25.0 Å². The average molecular weight is 338 g/mol. The minimum atomic E-state index is -0.499. The van der Waals surface area contributed by atoms with E-state index in [1.54, 1.807) is 12.1 Å². The Bertz CT molecular complexity index is 404. The monoisotopic (exact) mass is 336 g/mol. The fraction of sp³-hybridized carbons (Fsp3) is 0.417. The molecule has 1 saturated heterocycles. The molecule has 0 saturated carbocycles. The van der Waals surface area contributed by atoms with Gasteiger partial charge in [-0.15, -0.1) is 12.4 Å². The molecule has 0 aromatic heterocycles. The van der Waals surface area contributed by atoms with Crippen LogP contribution < -0.4 is 10.6 Å². The molecule has 1 aromatic rings. The molecule has 2 N–H and O–H groups in total. The van der Waals surface area contributed by atoms with Gasteiger partial charge in [0.05, 0.1) is 5.56 Å². The molecular weight excluding hydrogens is 322 g/mol. The zero-order valence-corrected chi connectivity index (χ0v) is 12.1. The van der Waals surface area contributed by atoms with Crippen LogP contribution in [0.15, 0.2) is 22.7 Å². The smallest absolute Gasteiger partial charge is 0.255 e. The Morgan fingerprint density at radius 3 is 2.89 bits per heavy atom. The maximum atomic E-state index is 13.5. The summed E-state index contributed by atoms with van der Waals surface area (Å²) < 4.78 is 14.0. The summed E-state index contributed by atoms with van der Waals surface area (Å²) in [5, 5.41) is 6.05. The first-order valence-corrected chi connectivity index (χ1v) is 6.43. The first kappa shape index (κ1) is 15.4. The predicted octanol–water partition coefficient (Wildman–Crippen LogP) is 2.49. The maximum Gasteiger partial charge on any atom is 0.255 e. The van der Waals surface area contributed by atoms with Gasteiger partial charge in [-0.3, -0.25) is 4.79 Å². The predicted molar refractivity (Wildman–Crippen MR) is 74.7 cm³/mol. The highest BCUT2D eigenvalue weighted by Crippen LogP contribution is 2.19. The van der Waals surface area contributed by atoms with Crippen molar-refractivity contribution in [2.75, 3.05) is 13.1 Å². The van der Waals surface area contributed by atoms with Gasteiger partial charge < -0.3 is 10.6 Å². The molecule has 100 valence electrons. The molecule has 18 heavy (non-hydrogen) atoms. The lowest BCUT2D eigenvalue weighted by Gasteiger charge is -2.24. The minimum absolute atomic E-state index is 0. The lowest BCUT2D eigenvalue weighted by Crippen LogP contribution is -2.45. The molecule has 1 aromatic carbocycles. The van der Waals surface area contributed by atoms with Crippen LogP contribution in [0.1, 0.15) is 23.2 Å². The third kappa shape index (κ3) is 3.67. The molecule has 0 aliphatic carbocycles. The summed E-state index contributed by atoms with van der Waals surface area (Å²) in [5.41, 5.74) is 0.0815. The van der Waals surface area contributed by atoms with Crippen LogP contribution in [0.5, 0.6) is 0 Å². The highest BCUT2D eigenvalue weighted by molar-refractivity contribution is 9.10. The van der Waals surface area contributed by atoms with Gasteiger partial charge in [-0.2, -0.15) is 0 Å². The van der Waals surface area contributed by atoms with E-state index in [0.717, 1.165) is 25.9 Å².